The van der Waals surface area contributed by atoms with Crippen LogP contribution in [-0.2, 0) is 16.1 Å². The van der Waals surface area contributed by atoms with Gasteiger partial charge in [0.15, 0.2) is 0 Å². The molecule has 0 spiro atoms. The van der Waals surface area contributed by atoms with Gasteiger partial charge in [-0.1, -0.05) is 30.3 Å². The maximum atomic E-state index is 12.7. The number of hydrogen-bond donors (Lipinski definition) is 0. The van der Waals surface area contributed by atoms with Crippen molar-refractivity contribution in [3.8, 4) is 0 Å². The number of benzene rings is 1. The number of rotatable bonds is 7. The molecule has 0 amide bonds. The van der Waals surface area contributed by atoms with E-state index in [9.17, 15) is 13.6 Å². The SMILES string of the molecule is CN(Cc1ccccc1)C(COC=O)C(F)F. The van der Waals surface area contributed by atoms with Crippen LogP contribution in [0.2, 0.25) is 0 Å². The molecule has 0 aliphatic rings. The summed E-state index contributed by atoms with van der Waals surface area (Å²) in [5, 5.41) is 0. The highest BCUT2D eigenvalue weighted by Crippen LogP contribution is 2.12. The fraction of sp³-hybridized carbons (Fsp3) is 0.417. The van der Waals surface area contributed by atoms with Gasteiger partial charge in [-0.05, 0) is 12.6 Å². The van der Waals surface area contributed by atoms with E-state index in [4.69, 9.17) is 0 Å². The molecule has 1 aromatic carbocycles. The molecule has 5 heteroatoms. The van der Waals surface area contributed by atoms with Crippen molar-refractivity contribution in [1.82, 2.24) is 4.90 Å². The molecule has 1 aromatic rings. The lowest BCUT2D eigenvalue weighted by Gasteiger charge is -2.26. The summed E-state index contributed by atoms with van der Waals surface area (Å²) in [6.07, 6.45) is -2.55. The summed E-state index contributed by atoms with van der Waals surface area (Å²) in [5.41, 5.74) is 0.937. The molecule has 0 saturated carbocycles. The van der Waals surface area contributed by atoms with Crippen molar-refractivity contribution in [3.63, 3.8) is 0 Å². The molecule has 1 unspecified atom stereocenters. The minimum Gasteiger partial charge on any atom is -0.466 e. The number of carbonyl (C=O) groups is 1. The molecular formula is C12H15F2NO2. The Kier molecular flexibility index (Phi) is 5.56. The van der Waals surface area contributed by atoms with Gasteiger partial charge in [0, 0.05) is 6.54 Å². The number of carbonyl (C=O) groups excluding carboxylic acids is 1. The van der Waals surface area contributed by atoms with E-state index in [2.05, 4.69) is 4.74 Å². The van der Waals surface area contributed by atoms with Crippen molar-refractivity contribution < 1.29 is 18.3 Å². The second-order valence-corrected chi connectivity index (χ2v) is 3.73. The number of likely N-dealkylation sites (N-methyl/N-ethyl adjacent to an activating group) is 1. The Bertz CT molecular complexity index is 333. The van der Waals surface area contributed by atoms with Crippen LogP contribution in [0.25, 0.3) is 0 Å². The van der Waals surface area contributed by atoms with Crippen LogP contribution in [0.15, 0.2) is 30.3 Å². The predicted molar refractivity (Wildman–Crippen MR) is 59.7 cm³/mol. The second-order valence-electron chi connectivity index (χ2n) is 3.73. The summed E-state index contributed by atoms with van der Waals surface area (Å²) >= 11 is 0. The number of halogens is 2. The Balaban J connectivity index is 2.58. The summed E-state index contributed by atoms with van der Waals surface area (Å²) in [6, 6.07) is 8.20. The molecule has 0 saturated heterocycles. The van der Waals surface area contributed by atoms with Crippen LogP contribution < -0.4 is 0 Å². The number of ether oxygens (including phenoxy) is 1. The molecule has 1 atom stereocenters. The van der Waals surface area contributed by atoms with Crippen molar-refractivity contribution in [1.29, 1.82) is 0 Å². The van der Waals surface area contributed by atoms with E-state index in [1.807, 2.05) is 30.3 Å². The zero-order valence-corrected chi connectivity index (χ0v) is 9.55. The van der Waals surface area contributed by atoms with Gasteiger partial charge in [0.2, 0.25) is 0 Å². The highest BCUT2D eigenvalue weighted by atomic mass is 19.3. The van der Waals surface area contributed by atoms with Gasteiger partial charge in [-0.25, -0.2) is 8.78 Å². The molecule has 0 fully saturated rings. The Morgan fingerprint density at radius 2 is 2.00 bits per heavy atom. The van der Waals surface area contributed by atoms with E-state index >= 15 is 0 Å². The van der Waals surface area contributed by atoms with Crippen LogP contribution in [-0.4, -0.2) is 37.5 Å². The summed E-state index contributed by atoms with van der Waals surface area (Å²) in [6.45, 7) is 0.272. The molecule has 0 aliphatic carbocycles. The molecule has 17 heavy (non-hydrogen) atoms. The second kappa shape index (κ2) is 6.96. The Morgan fingerprint density at radius 1 is 1.35 bits per heavy atom. The first-order valence-electron chi connectivity index (χ1n) is 5.22. The van der Waals surface area contributed by atoms with Gasteiger partial charge in [0.1, 0.15) is 12.6 Å². The average Bonchev–Trinajstić information content (AvgIpc) is 2.30. The minimum absolute atomic E-state index is 0.186. The molecule has 0 aliphatic heterocycles. The van der Waals surface area contributed by atoms with E-state index < -0.39 is 12.5 Å². The molecule has 0 bridgehead atoms. The first-order chi connectivity index (χ1) is 8.15. The topological polar surface area (TPSA) is 29.5 Å². The number of hydrogen-bond acceptors (Lipinski definition) is 3. The fourth-order valence-corrected chi connectivity index (χ4v) is 1.52. The lowest BCUT2D eigenvalue weighted by Crippen LogP contribution is -2.40. The van der Waals surface area contributed by atoms with Gasteiger partial charge in [-0.3, -0.25) is 9.69 Å². The molecule has 0 radical (unpaired) electrons. The standard InChI is InChI=1S/C12H15F2NO2/c1-15(7-10-5-3-2-4-6-10)11(12(13)14)8-17-9-16/h2-6,9,11-12H,7-8H2,1H3. The van der Waals surface area contributed by atoms with E-state index in [1.165, 1.54) is 4.90 Å². The first kappa shape index (κ1) is 13.6. The van der Waals surface area contributed by atoms with Crippen LogP contribution >= 0.6 is 0 Å². The van der Waals surface area contributed by atoms with Crippen molar-refractivity contribution >= 4 is 6.47 Å². The maximum Gasteiger partial charge on any atom is 0.293 e. The van der Waals surface area contributed by atoms with Crippen molar-refractivity contribution in [2.45, 2.75) is 19.0 Å². The van der Waals surface area contributed by atoms with Crippen LogP contribution in [0.1, 0.15) is 5.56 Å². The van der Waals surface area contributed by atoms with Gasteiger partial charge in [-0.2, -0.15) is 0 Å². The van der Waals surface area contributed by atoms with E-state index in [1.54, 1.807) is 7.05 Å². The molecule has 1 rings (SSSR count). The van der Waals surface area contributed by atoms with E-state index in [-0.39, 0.29) is 13.1 Å². The van der Waals surface area contributed by atoms with E-state index in [0.717, 1.165) is 5.56 Å². The summed E-state index contributed by atoms with van der Waals surface area (Å²) in [5.74, 6) is 0. The van der Waals surface area contributed by atoms with Gasteiger partial charge in [0.05, 0.1) is 0 Å². The molecule has 0 heterocycles. The van der Waals surface area contributed by atoms with Crippen LogP contribution in [0.3, 0.4) is 0 Å². The third-order valence-corrected chi connectivity index (χ3v) is 2.47. The van der Waals surface area contributed by atoms with Gasteiger partial charge in [-0.15, -0.1) is 0 Å². The Hall–Kier alpha value is -1.49. The zero-order chi connectivity index (χ0) is 12.7. The summed E-state index contributed by atoms with van der Waals surface area (Å²) < 4.78 is 29.9. The number of alkyl halides is 2. The highest BCUT2D eigenvalue weighted by Gasteiger charge is 2.25. The monoisotopic (exact) mass is 243 g/mol. The predicted octanol–water partition coefficient (Wildman–Crippen LogP) is 1.93. The smallest absolute Gasteiger partial charge is 0.293 e. The molecular weight excluding hydrogens is 228 g/mol. The zero-order valence-electron chi connectivity index (χ0n) is 9.55. The fourth-order valence-electron chi connectivity index (χ4n) is 1.52. The lowest BCUT2D eigenvalue weighted by atomic mass is 10.2. The normalized spacial score (nSPS) is 12.8. The third kappa shape index (κ3) is 4.48. The Labute approximate surface area is 99.0 Å². The number of nitrogens with zero attached hydrogens (tertiary/aromatic N) is 1. The molecule has 94 valence electrons. The quantitative estimate of drug-likeness (QED) is 0.685. The highest BCUT2D eigenvalue weighted by molar-refractivity contribution is 5.37. The van der Waals surface area contributed by atoms with Gasteiger partial charge in [0.25, 0.3) is 12.9 Å². The molecule has 0 aromatic heterocycles. The van der Waals surface area contributed by atoms with Crippen LogP contribution in [0.4, 0.5) is 8.78 Å². The Morgan fingerprint density at radius 3 is 2.53 bits per heavy atom. The van der Waals surface area contributed by atoms with Crippen molar-refractivity contribution in [3.05, 3.63) is 35.9 Å². The third-order valence-electron chi connectivity index (χ3n) is 2.47. The van der Waals surface area contributed by atoms with Crippen molar-refractivity contribution in [2.75, 3.05) is 13.7 Å². The minimum atomic E-state index is -2.55. The van der Waals surface area contributed by atoms with E-state index in [0.29, 0.717) is 6.54 Å². The first-order valence-corrected chi connectivity index (χ1v) is 5.22. The summed E-state index contributed by atoms with van der Waals surface area (Å²) in [7, 11) is 1.58. The largest absolute Gasteiger partial charge is 0.466 e. The van der Waals surface area contributed by atoms with Crippen molar-refractivity contribution in [2.24, 2.45) is 0 Å². The maximum absolute atomic E-state index is 12.7. The van der Waals surface area contributed by atoms with Crippen LogP contribution in [0.5, 0.6) is 0 Å². The molecule has 3 nitrogen and oxygen atoms in total. The van der Waals surface area contributed by atoms with Crippen LogP contribution in [0, 0.1) is 0 Å². The lowest BCUT2D eigenvalue weighted by molar-refractivity contribution is -0.132. The van der Waals surface area contributed by atoms with Gasteiger partial charge >= 0.3 is 0 Å². The molecule has 0 N–H and O–H groups in total. The summed E-state index contributed by atoms with van der Waals surface area (Å²) in [4.78, 5) is 11.5. The van der Waals surface area contributed by atoms with Gasteiger partial charge < -0.3 is 4.74 Å². The average molecular weight is 243 g/mol.